The van der Waals surface area contributed by atoms with E-state index >= 15 is 0 Å². The Morgan fingerprint density at radius 2 is 1.77 bits per heavy atom. The number of hydrogen-bond donors (Lipinski definition) is 4. The third-order valence-electron chi connectivity index (χ3n) is 1.67. The third kappa shape index (κ3) is 1.79. The zero-order valence-electron chi connectivity index (χ0n) is 6.61. The maximum Gasteiger partial charge on any atom is 0.200 e. The highest BCUT2D eigenvalue weighted by molar-refractivity contribution is 6.18. The van der Waals surface area contributed by atoms with Gasteiger partial charge in [-0.05, 0) is 12.1 Å². The van der Waals surface area contributed by atoms with Crippen LogP contribution < -0.4 is 0 Å². The molecule has 1 unspecified atom stereocenters. The lowest BCUT2D eigenvalue weighted by Crippen LogP contribution is -1.98. The fraction of sp³-hybridized carbons (Fsp3) is 0.250. The first-order valence-electron chi connectivity index (χ1n) is 3.55. The highest BCUT2D eigenvalue weighted by Gasteiger charge is 2.16. The van der Waals surface area contributed by atoms with Crippen molar-refractivity contribution in [2.45, 2.75) is 6.10 Å². The molecular formula is C8H9ClO4. The summed E-state index contributed by atoms with van der Waals surface area (Å²) in [6.45, 7) is 0. The summed E-state index contributed by atoms with van der Waals surface area (Å²) in [4.78, 5) is 0. The van der Waals surface area contributed by atoms with Crippen LogP contribution in [0.1, 0.15) is 11.7 Å². The normalized spacial score (nSPS) is 12.8. The second kappa shape index (κ2) is 3.72. The van der Waals surface area contributed by atoms with Gasteiger partial charge in [0.25, 0.3) is 0 Å². The van der Waals surface area contributed by atoms with E-state index in [4.69, 9.17) is 21.8 Å². The molecule has 0 heterocycles. The van der Waals surface area contributed by atoms with E-state index in [9.17, 15) is 10.2 Å². The van der Waals surface area contributed by atoms with E-state index in [0.29, 0.717) is 0 Å². The van der Waals surface area contributed by atoms with Crippen LogP contribution in [0.2, 0.25) is 0 Å². The van der Waals surface area contributed by atoms with E-state index in [1.54, 1.807) is 0 Å². The van der Waals surface area contributed by atoms with Gasteiger partial charge in [0.1, 0.15) is 0 Å². The fourth-order valence-corrected chi connectivity index (χ4v) is 1.10. The summed E-state index contributed by atoms with van der Waals surface area (Å²) >= 11 is 5.35. The van der Waals surface area contributed by atoms with Crippen LogP contribution in [0.4, 0.5) is 0 Å². The molecule has 5 heteroatoms. The average molecular weight is 205 g/mol. The Morgan fingerprint density at radius 1 is 1.15 bits per heavy atom. The van der Waals surface area contributed by atoms with Crippen molar-refractivity contribution in [3.8, 4) is 17.2 Å². The Balaban J connectivity index is 3.18. The van der Waals surface area contributed by atoms with Gasteiger partial charge in [-0.1, -0.05) is 0 Å². The topological polar surface area (TPSA) is 80.9 Å². The number of phenols is 3. The van der Waals surface area contributed by atoms with Crippen molar-refractivity contribution in [1.29, 1.82) is 0 Å². The lowest BCUT2D eigenvalue weighted by Gasteiger charge is -2.10. The molecule has 0 radical (unpaired) electrons. The van der Waals surface area contributed by atoms with Gasteiger partial charge in [0.2, 0.25) is 5.75 Å². The van der Waals surface area contributed by atoms with Crippen molar-refractivity contribution < 1.29 is 20.4 Å². The second-order valence-corrected chi connectivity index (χ2v) is 2.85. The summed E-state index contributed by atoms with van der Waals surface area (Å²) in [5.41, 5.74) is 0.0882. The Kier molecular flexibility index (Phi) is 2.85. The van der Waals surface area contributed by atoms with Crippen molar-refractivity contribution >= 4 is 11.6 Å². The number of aromatic hydroxyl groups is 3. The molecule has 0 spiro atoms. The molecule has 13 heavy (non-hydrogen) atoms. The van der Waals surface area contributed by atoms with Gasteiger partial charge in [0.05, 0.1) is 12.0 Å². The van der Waals surface area contributed by atoms with Crippen LogP contribution in [-0.4, -0.2) is 26.3 Å². The van der Waals surface area contributed by atoms with Gasteiger partial charge in [-0.15, -0.1) is 11.6 Å². The highest BCUT2D eigenvalue weighted by Crippen LogP contribution is 2.39. The molecule has 0 aliphatic rings. The summed E-state index contributed by atoms with van der Waals surface area (Å²) in [6, 6.07) is 2.46. The SMILES string of the molecule is Oc1ccc(C(O)CCl)c(O)c1O. The maximum absolute atomic E-state index is 9.25. The molecule has 72 valence electrons. The Labute approximate surface area is 79.6 Å². The van der Waals surface area contributed by atoms with Gasteiger partial charge in [0.15, 0.2) is 11.5 Å². The molecule has 0 fully saturated rings. The molecular weight excluding hydrogens is 196 g/mol. The number of hydrogen-bond acceptors (Lipinski definition) is 4. The van der Waals surface area contributed by atoms with Gasteiger partial charge in [0, 0.05) is 5.56 Å². The first-order valence-corrected chi connectivity index (χ1v) is 4.09. The van der Waals surface area contributed by atoms with Gasteiger partial charge in [-0.25, -0.2) is 0 Å². The van der Waals surface area contributed by atoms with Gasteiger partial charge in [-0.2, -0.15) is 0 Å². The van der Waals surface area contributed by atoms with Gasteiger partial charge < -0.3 is 20.4 Å². The van der Waals surface area contributed by atoms with E-state index in [-0.39, 0.29) is 11.4 Å². The van der Waals surface area contributed by atoms with E-state index < -0.39 is 23.4 Å². The summed E-state index contributed by atoms with van der Waals surface area (Å²) in [6.07, 6.45) is -1.06. The molecule has 0 aliphatic carbocycles. The number of alkyl halides is 1. The number of benzene rings is 1. The first kappa shape index (κ1) is 9.95. The molecule has 0 aromatic heterocycles. The fourth-order valence-electron chi connectivity index (χ4n) is 0.937. The second-order valence-electron chi connectivity index (χ2n) is 2.54. The van der Waals surface area contributed by atoms with Crippen LogP contribution >= 0.6 is 11.6 Å². The van der Waals surface area contributed by atoms with Crippen molar-refractivity contribution in [3.05, 3.63) is 17.7 Å². The summed E-state index contributed by atoms with van der Waals surface area (Å²) in [7, 11) is 0. The third-order valence-corrected chi connectivity index (χ3v) is 1.96. The quantitative estimate of drug-likeness (QED) is 0.429. The molecule has 0 amide bonds. The number of rotatable bonds is 2. The summed E-state index contributed by atoms with van der Waals surface area (Å²) < 4.78 is 0. The highest BCUT2D eigenvalue weighted by atomic mass is 35.5. The number of halogens is 1. The molecule has 1 aromatic rings. The molecule has 0 saturated carbocycles. The van der Waals surface area contributed by atoms with Gasteiger partial charge in [-0.3, -0.25) is 0 Å². The zero-order chi connectivity index (χ0) is 10.0. The van der Waals surface area contributed by atoms with E-state index in [0.717, 1.165) is 0 Å². The molecule has 1 rings (SSSR count). The predicted octanol–water partition coefficient (Wildman–Crippen LogP) is 1.08. The van der Waals surface area contributed by atoms with Crippen molar-refractivity contribution in [1.82, 2.24) is 0 Å². The Hall–Kier alpha value is -1.13. The largest absolute Gasteiger partial charge is 0.504 e. The predicted molar refractivity (Wildman–Crippen MR) is 47.1 cm³/mol. The summed E-state index contributed by atoms with van der Waals surface area (Å²) in [5, 5.41) is 36.5. The maximum atomic E-state index is 9.25. The lowest BCUT2D eigenvalue weighted by atomic mass is 10.1. The summed E-state index contributed by atoms with van der Waals surface area (Å²) in [5.74, 6) is -1.74. The Bertz CT molecular complexity index is 313. The lowest BCUT2D eigenvalue weighted by molar-refractivity contribution is 0.196. The monoisotopic (exact) mass is 204 g/mol. The Morgan fingerprint density at radius 3 is 2.31 bits per heavy atom. The van der Waals surface area contributed by atoms with Crippen LogP contribution in [0.5, 0.6) is 17.2 Å². The number of aliphatic hydroxyl groups excluding tert-OH is 1. The molecule has 0 saturated heterocycles. The van der Waals surface area contributed by atoms with E-state index in [1.807, 2.05) is 0 Å². The molecule has 0 aliphatic heterocycles. The van der Waals surface area contributed by atoms with Crippen molar-refractivity contribution in [3.63, 3.8) is 0 Å². The van der Waals surface area contributed by atoms with Crippen LogP contribution in [-0.2, 0) is 0 Å². The number of aliphatic hydroxyl groups is 1. The van der Waals surface area contributed by atoms with Crippen LogP contribution in [0.25, 0.3) is 0 Å². The van der Waals surface area contributed by atoms with E-state index in [2.05, 4.69) is 0 Å². The van der Waals surface area contributed by atoms with Crippen LogP contribution in [0.3, 0.4) is 0 Å². The van der Waals surface area contributed by atoms with Crippen LogP contribution in [0.15, 0.2) is 12.1 Å². The number of phenolic OH excluding ortho intramolecular Hbond substituents is 3. The standard InChI is InChI=1S/C8H9ClO4/c9-3-6(11)4-1-2-5(10)8(13)7(4)12/h1-2,6,10-13H,3H2. The molecule has 4 N–H and O–H groups in total. The van der Waals surface area contributed by atoms with Crippen molar-refractivity contribution in [2.24, 2.45) is 0 Å². The van der Waals surface area contributed by atoms with E-state index in [1.165, 1.54) is 12.1 Å². The first-order chi connectivity index (χ1) is 6.07. The minimum Gasteiger partial charge on any atom is -0.504 e. The van der Waals surface area contributed by atoms with Crippen molar-refractivity contribution in [2.75, 3.05) is 5.88 Å². The average Bonchev–Trinajstić information content (AvgIpc) is 2.13. The minimum absolute atomic E-state index is 0.0882. The van der Waals surface area contributed by atoms with Crippen LogP contribution in [0, 0.1) is 0 Å². The smallest absolute Gasteiger partial charge is 0.200 e. The molecule has 1 atom stereocenters. The minimum atomic E-state index is -1.06. The zero-order valence-corrected chi connectivity index (χ0v) is 7.36. The molecule has 1 aromatic carbocycles. The molecule has 0 bridgehead atoms. The molecule has 4 nitrogen and oxygen atoms in total. The van der Waals surface area contributed by atoms with Gasteiger partial charge >= 0.3 is 0 Å².